The van der Waals surface area contributed by atoms with E-state index in [0.717, 1.165) is 0 Å². The number of halogens is 2. The Morgan fingerprint density at radius 1 is 1.44 bits per heavy atom. The van der Waals surface area contributed by atoms with Crippen LogP contribution < -0.4 is 0 Å². The Hall–Kier alpha value is -0.100. The van der Waals surface area contributed by atoms with E-state index in [0.29, 0.717) is 23.4 Å². The smallest absolute Gasteiger partial charge is 0.207 e. The Kier molecular flexibility index (Phi) is 5.24. The van der Waals surface area contributed by atoms with E-state index in [1.54, 1.807) is 18.2 Å². The number of hydrogen-bond acceptors (Lipinski definition) is 2. The highest BCUT2D eigenvalue weighted by atomic mass is 79.9. The molecule has 0 aromatic heterocycles. The largest absolute Gasteiger partial charge is 0.243 e. The van der Waals surface area contributed by atoms with Crippen molar-refractivity contribution in [3.63, 3.8) is 0 Å². The third kappa shape index (κ3) is 3.20. The lowest BCUT2D eigenvalue weighted by atomic mass is 10.4. The molecule has 0 atom stereocenters. The summed E-state index contributed by atoms with van der Waals surface area (Å²) >= 11 is 9.02. The molecule has 0 amide bonds. The van der Waals surface area contributed by atoms with E-state index >= 15 is 0 Å². The molecule has 90 valence electrons. The molecule has 0 heterocycles. The molecular formula is C10H13BrClNO2S. The first-order valence-electron chi connectivity index (χ1n) is 4.84. The Balaban J connectivity index is 3.09. The minimum atomic E-state index is -3.42. The zero-order valence-electron chi connectivity index (χ0n) is 8.86. The van der Waals surface area contributed by atoms with Crippen molar-refractivity contribution in [1.82, 2.24) is 4.31 Å². The minimum Gasteiger partial charge on any atom is -0.207 e. The molecule has 0 saturated heterocycles. The molecule has 0 saturated carbocycles. The third-order valence-corrected chi connectivity index (χ3v) is 4.68. The molecule has 0 aliphatic heterocycles. The predicted molar refractivity (Wildman–Crippen MR) is 69.7 cm³/mol. The summed E-state index contributed by atoms with van der Waals surface area (Å²) in [6.45, 7) is 2.70. The lowest BCUT2D eigenvalue weighted by Gasteiger charge is -2.19. The van der Waals surface area contributed by atoms with Crippen molar-refractivity contribution in [3.05, 3.63) is 29.3 Å². The van der Waals surface area contributed by atoms with Crippen molar-refractivity contribution in [2.24, 2.45) is 0 Å². The van der Waals surface area contributed by atoms with E-state index in [1.165, 1.54) is 10.4 Å². The van der Waals surface area contributed by atoms with Gasteiger partial charge >= 0.3 is 0 Å². The van der Waals surface area contributed by atoms with Crippen molar-refractivity contribution in [2.75, 3.05) is 18.4 Å². The quantitative estimate of drug-likeness (QED) is 0.780. The van der Waals surface area contributed by atoms with Gasteiger partial charge in [-0.05, 0) is 18.2 Å². The van der Waals surface area contributed by atoms with Crippen LogP contribution in [0.1, 0.15) is 6.92 Å². The van der Waals surface area contributed by atoms with Gasteiger partial charge in [0.25, 0.3) is 0 Å². The number of rotatable bonds is 5. The molecule has 0 N–H and O–H groups in total. The van der Waals surface area contributed by atoms with Gasteiger partial charge in [0.05, 0.1) is 4.90 Å². The lowest BCUT2D eigenvalue weighted by Crippen LogP contribution is -2.32. The summed E-state index contributed by atoms with van der Waals surface area (Å²) in [7, 11) is -3.42. The summed E-state index contributed by atoms with van der Waals surface area (Å²) in [5.41, 5.74) is 0. The average Bonchev–Trinajstić information content (AvgIpc) is 2.25. The van der Waals surface area contributed by atoms with Crippen LogP contribution in [0.15, 0.2) is 29.2 Å². The number of hydrogen-bond donors (Lipinski definition) is 0. The first kappa shape index (κ1) is 14.0. The number of nitrogens with zero attached hydrogens (tertiary/aromatic N) is 1. The highest BCUT2D eigenvalue weighted by Gasteiger charge is 2.22. The van der Waals surface area contributed by atoms with E-state index in [2.05, 4.69) is 15.9 Å². The molecular weight excluding hydrogens is 314 g/mol. The van der Waals surface area contributed by atoms with E-state index in [9.17, 15) is 8.42 Å². The SMILES string of the molecule is CCN(CCBr)S(=O)(=O)c1cccc(Cl)c1. The zero-order valence-corrected chi connectivity index (χ0v) is 12.0. The van der Waals surface area contributed by atoms with Gasteiger partial charge in [-0.2, -0.15) is 4.31 Å². The minimum absolute atomic E-state index is 0.239. The standard InChI is InChI=1S/C10H13BrClNO2S/c1-2-13(7-6-11)16(14,15)10-5-3-4-9(12)8-10/h3-5,8H,2,6-7H2,1H3. The number of sulfonamides is 1. The van der Waals surface area contributed by atoms with Gasteiger partial charge < -0.3 is 0 Å². The summed E-state index contributed by atoms with van der Waals surface area (Å²) in [5, 5.41) is 1.04. The second-order valence-electron chi connectivity index (χ2n) is 3.14. The highest BCUT2D eigenvalue weighted by Crippen LogP contribution is 2.19. The predicted octanol–water partition coefficient (Wildman–Crippen LogP) is 2.75. The summed E-state index contributed by atoms with van der Waals surface area (Å²) in [6, 6.07) is 6.31. The summed E-state index contributed by atoms with van der Waals surface area (Å²) in [6.07, 6.45) is 0. The van der Waals surface area contributed by atoms with Gasteiger partial charge in [0.2, 0.25) is 10.0 Å². The van der Waals surface area contributed by atoms with Crippen LogP contribution in [0.3, 0.4) is 0 Å². The Morgan fingerprint density at radius 3 is 2.62 bits per heavy atom. The first-order valence-corrected chi connectivity index (χ1v) is 7.78. The maximum absolute atomic E-state index is 12.2. The second-order valence-corrected chi connectivity index (χ2v) is 6.31. The maximum Gasteiger partial charge on any atom is 0.243 e. The average molecular weight is 327 g/mol. The molecule has 0 bridgehead atoms. The van der Waals surface area contributed by atoms with Crippen molar-refractivity contribution in [3.8, 4) is 0 Å². The van der Waals surface area contributed by atoms with Crippen LogP contribution in [0.5, 0.6) is 0 Å². The molecule has 1 aromatic carbocycles. The molecule has 1 rings (SSSR count). The van der Waals surface area contributed by atoms with Gasteiger partial charge in [0, 0.05) is 23.4 Å². The Bertz CT molecular complexity index is 450. The molecule has 16 heavy (non-hydrogen) atoms. The Morgan fingerprint density at radius 2 is 2.12 bits per heavy atom. The number of benzene rings is 1. The molecule has 1 aromatic rings. The van der Waals surface area contributed by atoms with Crippen molar-refractivity contribution >= 4 is 37.6 Å². The third-order valence-electron chi connectivity index (χ3n) is 2.12. The van der Waals surface area contributed by atoms with Gasteiger partial charge in [-0.1, -0.05) is 40.5 Å². The molecule has 0 radical (unpaired) electrons. The van der Waals surface area contributed by atoms with Gasteiger partial charge in [-0.3, -0.25) is 0 Å². The van der Waals surface area contributed by atoms with E-state index in [4.69, 9.17) is 11.6 Å². The molecule has 3 nitrogen and oxygen atoms in total. The summed E-state index contributed by atoms with van der Waals surface area (Å²) < 4.78 is 25.7. The molecule has 6 heteroatoms. The van der Waals surface area contributed by atoms with Crippen molar-refractivity contribution < 1.29 is 8.42 Å². The van der Waals surface area contributed by atoms with Crippen LogP contribution in [-0.2, 0) is 10.0 Å². The van der Waals surface area contributed by atoms with Crippen LogP contribution in [0.2, 0.25) is 5.02 Å². The van der Waals surface area contributed by atoms with Crippen LogP contribution in [0.25, 0.3) is 0 Å². The zero-order chi connectivity index (χ0) is 12.2. The molecule has 0 aliphatic rings. The van der Waals surface area contributed by atoms with Crippen LogP contribution in [-0.4, -0.2) is 31.1 Å². The summed E-state index contributed by atoms with van der Waals surface area (Å²) in [5.74, 6) is 0. The second kappa shape index (κ2) is 6.00. The maximum atomic E-state index is 12.2. The fourth-order valence-corrected chi connectivity index (χ4v) is 3.73. The molecule has 0 fully saturated rings. The monoisotopic (exact) mass is 325 g/mol. The van der Waals surface area contributed by atoms with Gasteiger partial charge in [0.1, 0.15) is 0 Å². The van der Waals surface area contributed by atoms with Crippen LogP contribution >= 0.6 is 27.5 Å². The van der Waals surface area contributed by atoms with Gasteiger partial charge in [-0.15, -0.1) is 0 Å². The van der Waals surface area contributed by atoms with E-state index in [-0.39, 0.29) is 4.90 Å². The highest BCUT2D eigenvalue weighted by molar-refractivity contribution is 9.09. The Labute approximate surface area is 110 Å². The lowest BCUT2D eigenvalue weighted by molar-refractivity contribution is 0.448. The summed E-state index contributed by atoms with van der Waals surface area (Å²) in [4.78, 5) is 0.239. The molecule has 0 unspecified atom stereocenters. The van der Waals surface area contributed by atoms with Gasteiger partial charge in [0.15, 0.2) is 0 Å². The van der Waals surface area contributed by atoms with Crippen LogP contribution in [0.4, 0.5) is 0 Å². The van der Waals surface area contributed by atoms with Crippen molar-refractivity contribution in [2.45, 2.75) is 11.8 Å². The fourth-order valence-electron chi connectivity index (χ4n) is 1.32. The topological polar surface area (TPSA) is 37.4 Å². The molecule has 0 aliphatic carbocycles. The van der Waals surface area contributed by atoms with Crippen molar-refractivity contribution in [1.29, 1.82) is 0 Å². The number of alkyl halides is 1. The normalized spacial score (nSPS) is 12.0. The van der Waals surface area contributed by atoms with Crippen LogP contribution in [0, 0.1) is 0 Å². The van der Waals surface area contributed by atoms with E-state index in [1.807, 2.05) is 6.92 Å². The van der Waals surface area contributed by atoms with Gasteiger partial charge in [-0.25, -0.2) is 8.42 Å². The van der Waals surface area contributed by atoms with E-state index < -0.39 is 10.0 Å². The molecule has 0 spiro atoms. The first-order chi connectivity index (χ1) is 7.52. The fraction of sp³-hybridized carbons (Fsp3) is 0.400.